The third-order valence-corrected chi connectivity index (χ3v) is 1.92. The van der Waals surface area contributed by atoms with Gasteiger partial charge in [-0.3, -0.25) is 4.79 Å². The summed E-state index contributed by atoms with van der Waals surface area (Å²) in [5.74, 6) is -0.257. The lowest BCUT2D eigenvalue weighted by Crippen LogP contribution is -2.41. The van der Waals surface area contributed by atoms with Crippen molar-refractivity contribution in [1.82, 2.24) is 10.2 Å². The second-order valence-electron chi connectivity index (χ2n) is 3.47. The molecule has 0 aliphatic heterocycles. The summed E-state index contributed by atoms with van der Waals surface area (Å²) in [5, 5.41) is 3.12. The van der Waals surface area contributed by atoms with Crippen LogP contribution in [0.1, 0.15) is 19.8 Å². The van der Waals surface area contributed by atoms with Crippen LogP contribution in [0.15, 0.2) is 0 Å². The fraction of sp³-hybridized carbons (Fsp3) is 0.889. The number of nitrogens with zero attached hydrogens (tertiary/aromatic N) is 1. The van der Waals surface area contributed by atoms with Gasteiger partial charge >= 0.3 is 0 Å². The first-order valence-corrected chi connectivity index (χ1v) is 4.75. The van der Waals surface area contributed by atoms with Gasteiger partial charge in [0.15, 0.2) is 0 Å². The van der Waals surface area contributed by atoms with Crippen LogP contribution in [0.3, 0.4) is 0 Å². The van der Waals surface area contributed by atoms with Crippen LogP contribution in [0.5, 0.6) is 0 Å². The summed E-state index contributed by atoms with van der Waals surface area (Å²) in [6.45, 7) is 3.83. The molecule has 0 aliphatic carbocycles. The van der Waals surface area contributed by atoms with E-state index in [2.05, 4.69) is 10.2 Å². The van der Waals surface area contributed by atoms with Crippen molar-refractivity contribution in [3.05, 3.63) is 0 Å². The molecule has 13 heavy (non-hydrogen) atoms. The zero-order chi connectivity index (χ0) is 10.3. The summed E-state index contributed by atoms with van der Waals surface area (Å²) in [6.07, 6.45) is 1.80. The highest BCUT2D eigenvalue weighted by molar-refractivity contribution is 5.79. The molecule has 0 spiro atoms. The summed E-state index contributed by atoms with van der Waals surface area (Å²) in [6, 6.07) is -0.165. The maximum atomic E-state index is 10.8. The maximum absolute atomic E-state index is 10.8. The van der Waals surface area contributed by atoms with E-state index in [9.17, 15) is 4.79 Å². The maximum Gasteiger partial charge on any atom is 0.234 e. The number of nitrogens with two attached hydrogens (primary N) is 1. The first kappa shape index (κ1) is 12.4. The van der Waals surface area contributed by atoms with Gasteiger partial charge in [-0.05, 0) is 40.0 Å². The second-order valence-corrected chi connectivity index (χ2v) is 3.47. The lowest BCUT2D eigenvalue weighted by atomic mass is 10.2. The Morgan fingerprint density at radius 3 is 2.54 bits per heavy atom. The molecule has 3 N–H and O–H groups in total. The van der Waals surface area contributed by atoms with Crippen LogP contribution >= 0.6 is 0 Å². The molecule has 78 valence electrons. The van der Waals surface area contributed by atoms with Crippen molar-refractivity contribution < 1.29 is 4.79 Å². The predicted molar refractivity (Wildman–Crippen MR) is 54.4 cm³/mol. The number of primary amides is 1. The minimum atomic E-state index is -0.257. The Hall–Kier alpha value is -0.610. The van der Waals surface area contributed by atoms with Crippen LogP contribution in [0.25, 0.3) is 0 Å². The fourth-order valence-electron chi connectivity index (χ4n) is 1.12. The molecule has 4 nitrogen and oxygen atoms in total. The normalized spacial score (nSPS) is 13.2. The molecule has 1 unspecified atom stereocenters. The van der Waals surface area contributed by atoms with Gasteiger partial charge < -0.3 is 16.0 Å². The highest BCUT2D eigenvalue weighted by atomic mass is 16.1. The zero-order valence-corrected chi connectivity index (χ0v) is 8.84. The minimum Gasteiger partial charge on any atom is -0.368 e. The van der Waals surface area contributed by atoms with Crippen molar-refractivity contribution in [1.29, 1.82) is 0 Å². The van der Waals surface area contributed by atoms with Crippen molar-refractivity contribution in [2.45, 2.75) is 25.8 Å². The standard InChI is InChI=1S/C9H21N3O/c1-4-8(9(10)13)11-6-5-7-12(2)3/h8,11H,4-7H2,1-3H3,(H2,10,13). The van der Waals surface area contributed by atoms with Crippen molar-refractivity contribution in [2.75, 3.05) is 27.2 Å². The van der Waals surface area contributed by atoms with Gasteiger partial charge in [0, 0.05) is 0 Å². The van der Waals surface area contributed by atoms with E-state index in [0.717, 1.165) is 25.9 Å². The highest BCUT2D eigenvalue weighted by Gasteiger charge is 2.10. The monoisotopic (exact) mass is 187 g/mol. The van der Waals surface area contributed by atoms with Crippen LogP contribution in [0, 0.1) is 0 Å². The van der Waals surface area contributed by atoms with Crippen LogP contribution < -0.4 is 11.1 Å². The van der Waals surface area contributed by atoms with Crippen LogP contribution in [-0.2, 0) is 4.79 Å². The molecule has 0 saturated heterocycles. The molecule has 0 fully saturated rings. The van der Waals surface area contributed by atoms with E-state index >= 15 is 0 Å². The van der Waals surface area contributed by atoms with Gasteiger partial charge in [0.2, 0.25) is 5.91 Å². The highest BCUT2D eigenvalue weighted by Crippen LogP contribution is 1.90. The summed E-state index contributed by atoms with van der Waals surface area (Å²) >= 11 is 0. The average Bonchev–Trinajstić information content (AvgIpc) is 2.03. The Balaban J connectivity index is 3.44. The van der Waals surface area contributed by atoms with Crippen molar-refractivity contribution in [3.8, 4) is 0 Å². The number of hydrogen-bond donors (Lipinski definition) is 2. The summed E-state index contributed by atoms with van der Waals surface area (Å²) < 4.78 is 0. The Bertz CT molecular complexity index is 148. The smallest absolute Gasteiger partial charge is 0.234 e. The molecule has 4 heteroatoms. The molecule has 0 rings (SSSR count). The Morgan fingerprint density at radius 1 is 1.54 bits per heavy atom. The van der Waals surface area contributed by atoms with Gasteiger partial charge in [-0.15, -0.1) is 0 Å². The SMILES string of the molecule is CCC(NCCCN(C)C)C(N)=O. The van der Waals surface area contributed by atoms with Crippen LogP contribution in [0.4, 0.5) is 0 Å². The number of carbonyl (C=O) groups excluding carboxylic acids is 1. The van der Waals surface area contributed by atoms with Gasteiger partial charge in [-0.2, -0.15) is 0 Å². The van der Waals surface area contributed by atoms with Crippen LogP contribution in [0.2, 0.25) is 0 Å². The van der Waals surface area contributed by atoms with E-state index in [4.69, 9.17) is 5.73 Å². The first-order valence-electron chi connectivity index (χ1n) is 4.75. The number of rotatable bonds is 7. The lowest BCUT2D eigenvalue weighted by Gasteiger charge is -2.14. The third-order valence-electron chi connectivity index (χ3n) is 1.92. The Morgan fingerprint density at radius 2 is 2.15 bits per heavy atom. The predicted octanol–water partition coefficient (Wildman–Crippen LogP) is -0.208. The average molecular weight is 187 g/mol. The van der Waals surface area contributed by atoms with E-state index in [0.29, 0.717) is 0 Å². The quantitative estimate of drug-likeness (QED) is 0.542. The number of amides is 1. The minimum absolute atomic E-state index is 0.165. The molecule has 1 atom stereocenters. The topological polar surface area (TPSA) is 58.4 Å². The van der Waals surface area contributed by atoms with Gasteiger partial charge in [0.1, 0.15) is 0 Å². The number of hydrogen-bond acceptors (Lipinski definition) is 3. The van der Waals surface area contributed by atoms with Gasteiger partial charge in [0.05, 0.1) is 6.04 Å². The Kier molecular flexibility index (Phi) is 6.54. The largest absolute Gasteiger partial charge is 0.368 e. The molecule has 0 aromatic heterocycles. The molecule has 1 amide bonds. The number of nitrogens with one attached hydrogen (secondary N) is 1. The van der Waals surface area contributed by atoms with Crippen molar-refractivity contribution >= 4 is 5.91 Å². The van der Waals surface area contributed by atoms with E-state index in [-0.39, 0.29) is 11.9 Å². The summed E-state index contributed by atoms with van der Waals surface area (Å²) in [5.41, 5.74) is 5.18. The van der Waals surface area contributed by atoms with Gasteiger partial charge in [-0.25, -0.2) is 0 Å². The van der Waals surface area contributed by atoms with Crippen molar-refractivity contribution in [2.24, 2.45) is 5.73 Å². The van der Waals surface area contributed by atoms with E-state index in [1.54, 1.807) is 0 Å². The molecule has 0 bridgehead atoms. The van der Waals surface area contributed by atoms with E-state index in [1.807, 2.05) is 21.0 Å². The third kappa shape index (κ3) is 6.54. The van der Waals surface area contributed by atoms with Crippen LogP contribution in [-0.4, -0.2) is 44.0 Å². The van der Waals surface area contributed by atoms with Gasteiger partial charge in [-0.1, -0.05) is 6.92 Å². The fourth-order valence-corrected chi connectivity index (χ4v) is 1.12. The first-order chi connectivity index (χ1) is 6.07. The molecular formula is C9H21N3O. The molecule has 0 aromatic carbocycles. The zero-order valence-electron chi connectivity index (χ0n) is 8.84. The lowest BCUT2D eigenvalue weighted by molar-refractivity contribution is -0.120. The molecule has 0 aromatic rings. The molecule has 0 heterocycles. The van der Waals surface area contributed by atoms with Gasteiger partial charge in [0.25, 0.3) is 0 Å². The molecule has 0 saturated carbocycles. The van der Waals surface area contributed by atoms with E-state index < -0.39 is 0 Å². The Labute approximate surface area is 80.5 Å². The molecule has 0 radical (unpaired) electrons. The molecular weight excluding hydrogens is 166 g/mol. The van der Waals surface area contributed by atoms with E-state index in [1.165, 1.54) is 0 Å². The second kappa shape index (κ2) is 6.86. The van der Waals surface area contributed by atoms with Crippen molar-refractivity contribution in [3.63, 3.8) is 0 Å². The molecule has 0 aliphatic rings. The number of carbonyl (C=O) groups is 1. The summed E-state index contributed by atoms with van der Waals surface area (Å²) in [4.78, 5) is 12.9. The summed E-state index contributed by atoms with van der Waals surface area (Å²) in [7, 11) is 4.07.